The second kappa shape index (κ2) is 3.99. The third-order valence-corrected chi connectivity index (χ3v) is 3.05. The zero-order valence-corrected chi connectivity index (χ0v) is 7.57. The molecular weight excluding hydrogens is 196 g/mol. The number of esters is 1. The summed E-state index contributed by atoms with van der Waals surface area (Å²) in [7, 11) is -1.71. The molecule has 1 aliphatic rings. The zero-order chi connectivity index (χ0) is 10.0. The molecule has 1 saturated heterocycles. The summed E-state index contributed by atoms with van der Waals surface area (Å²) >= 11 is 0. The molecule has 0 spiro atoms. The van der Waals surface area contributed by atoms with E-state index in [1.54, 1.807) is 0 Å². The summed E-state index contributed by atoms with van der Waals surface area (Å²) in [5.41, 5.74) is 0. The number of hydrogen-bond acceptors (Lipinski definition) is 5. The molecule has 74 valence electrons. The van der Waals surface area contributed by atoms with E-state index in [4.69, 9.17) is 5.11 Å². The number of rotatable bonds is 2. The highest BCUT2D eigenvalue weighted by atomic mass is 32.2. The molecule has 2 N–H and O–H groups in total. The largest absolute Gasteiger partial charge is 0.462 e. The van der Waals surface area contributed by atoms with Crippen LogP contribution >= 0.6 is 0 Å². The molecule has 0 aliphatic carbocycles. The Bertz CT molecular complexity index is 251. The molecular formula is C7H10O5S. The maximum Gasteiger partial charge on any atom is 0.324 e. The summed E-state index contributed by atoms with van der Waals surface area (Å²) in [5.74, 6) is -0.768. The molecule has 0 aromatic heterocycles. The summed E-state index contributed by atoms with van der Waals surface area (Å²) in [4.78, 5) is 11.0. The number of hydrogen-bond donors (Lipinski definition) is 2. The molecule has 4 unspecified atom stereocenters. The average molecular weight is 206 g/mol. The van der Waals surface area contributed by atoms with Crippen LogP contribution in [0.4, 0.5) is 0 Å². The zero-order valence-electron chi connectivity index (χ0n) is 6.75. The van der Waals surface area contributed by atoms with Crippen LogP contribution in [0.25, 0.3) is 0 Å². The number of ether oxygens (including phenoxy) is 1. The van der Waals surface area contributed by atoms with E-state index in [9.17, 15) is 14.1 Å². The van der Waals surface area contributed by atoms with Crippen LogP contribution in [0.15, 0.2) is 12.0 Å². The lowest BCUT2D eigenvalue weighted by atomic mass is 10.1. The van der Waals surface area contributed by atoms with Gasteiger partial charge in [-0.05, 0) is 5.41 Å². The van der Waals surface area contributed by atoms with Crippen LogP contribution in [0.1, 0.15) is 0 Å². The van der Waals surface area contributed by atoms with Gasteiger partial charge >= 0.3 is 5.97 Å². The SMILES string of the molecule is C=CS(=O)C1C(=O)OCC(O)C1O. The van der Waals surface area contributed by atoms with Gasteiger partial charge in [0.15, 0.2) is 5.25 Å². The number of carbonyl (C=O) groups is 1. The molecule has 1 rings (SSSR count). The quantitative estimate of drug-likeness (QED) is 0.539. The van der Waals surface area contributed by atoms with E-state index >= 15 is 0 Å². The van der Waals surface area contributed by atoms with Crippen molar-refractivity contribution < 1.29 is 24.0 Å². The molecule has 1 fully saturated rings. The molecule has 0 saturated carbocycles. The Morgan fingerprint density at radius 2 is 2.23 bits per heavy atom. The van der Waals surface area contributed by atoms with E-state index in [-0.39, 0.29) is 6.61 Å². The smallest absolute Gasteiger partial charge is 0.324 e. The molecule has 4 atom stereocenters. The Balaban J connectivity index is 2.83. The van der Waals surface area contributed by atoms with Gasteiger partial charge in [0.2, 0.25) is 0 Å². The summed E-state index contributed by atoms with van der Waals surface area (Å²) in [6.45, 7) is 2.97. The highest BCUT2D eigenvalue weighted by Crippen LogP contribution is 2.15. The van der Waals surface area contributed by atoms with Crippen LogP contribution in [0.2, 0.25) is 0 Å². The summed E-state index contributed by atoms with van der Waals surface area (Å²) in [6, 6.07) is 0. The lowest BCUT2D eigenvalue weighted by Gasteiger charge is -2.28. The molecule has 5 nitrogen and oxygen atoms in total. The van der Waals surface area contributed by atoms with Gasteiger partial charge < -0.3 is 14.9 Å². The number of carbonyl (C=O) groups excluding carboxylic acids is 1. The molecule has 0 aromatic rings. The van der Waals surface area contributed by atoms with Gasteiger partial charge in [0.05, 0.1) is 10.8 Å². The van der Waals surface area contributed by atoms with Crippen molar-refractivity contribution in [3.05, 3.63) is 12.0 Å². The Hall–Kier alpha value is -0.720. The first-order chi connectivity index (χ1) is 6.07. The molecule has 0 aromatic carbocycles. The molecule has 1 heterocycles. The minimum absolute atomic E-state index is 0.259. The van der Waals surface area contributed by atoms with Crippen LogP contribution in [0.5, 0.6) is 0 Å². The van der Waals surface area contributed by atoms with E-state index in [1.165, 1.54) is 0 Å². The van der Waals surface area contributed by atoms with Gasteiger partial charge in [-0.3, -0.25) is 9.00 Å². The summed E-state index contributed by atoms with van der Waals surface area (Å²) in [5, 5.41) is 18.2. The molecule has 1 aliphatic heterocycles. The van der Waals surface area contributed by atoms with Crippen LogP contribution < -0.4 is 0 Å². The van der Waals surface area contributed by atoms with Crippen molar-refractivity contribution in [3.63, 3.8) is 0 Å². The number of aliphatic hydroxyl groups is 2. The fourth-order valence-electron chi connectivity index (χ4n) is 1.03. The highest BCUT2D eigenvalue weighted by molar-refractivity contribution is 7.89. The Morgan fingerprint density at radius 3 is 2.77 bits per heavy atom. The topological polar surface area (TPSA) is 83.8 Å². The second-order valence-corrected chi connectivity index (χ2v) is 4.10. The van der Waals surface area contributed by atoms with Crippen LogP contribution in [0.3, 0.4) is 0 Å². The predicted molar refractivity (Wildman–Crippen MR) is 45.1 cm³/mol. The van der Waals surface area contributed by atoms with Crippen molar-refractivity contribution >= 4 is 16.8 Å². The third-order valence-electron chi connectivity index (χ3n) is 1.75. The average Bonchev–Trinajstić information content (AvgIpc) is 2.12. The van der Waals surface area contributed by atoms with E-state index in [0.29, 0.717) is 0 Å². The van der Waals surface area contributed by atoms with E-state index in [0.717, 1.165) is 5.41 Å². The third kappa shape index (κ3) is 1.96. The fraction of sp³-hybridized carbons (Fsp3) is 0.571. The normalized spacial score (nSPS) is 36.5. The number of cyclic esters (lactones) is 1. The minimum Gasteiger partial charge on any atom is -0.462 e. The van der Waals surface area contributed by atoms with Crippen molar-refractivity contribution in [3.8, 4) is 0 Å². The van der Waals surface area contributed by atoms with E-state index < -0.39 is 34.2 Å². The number of aliphatic hydroxyl groups excluding tert-OH is 2. The first-order valence-corrected chi connectivity index (χ1v) is 4.90. The Kier molecular flexibility index (Phi) is 3.18. The van der Waals surface area contributed by atoms with Crippen LogP contribution in [-0.2, 0) is 20.3 Å². The molecule has 0 bridgehead atoms. The second-order valence-electron chi connectivity index (χ2n) is 2.60. The highest BCUT2D eigenvalue weighted by Gasteiger charge is 2.41. The van der Waals surface area contributed by atoms with E-state index in [2.05, 4.69) is 11.3 Å². The molecule has 0 amide bonds. The van der Waals surface area contributed by atoms with Gasteiger partial charge in [-0.2, -0.15) is 0 Å². The van der Waals surface area contributed by atoms with Crippen molar-refractivity contribution in [2.24, 2.45) is 0 Å². The molecule has 0 radical (unpaired) electrons. The Morgan fingerprint density at radius 1 is 1.62 bits per heavy atom. The first kappa shape index (κ1) is 10.4. The Labute approximate surface area is 77.5 Å². The lowest BCUT2D eigenvalue weighted by molar-refractivity contribution is -0.161. The van der Waals surface area contributed by atoms with Crippen molar-refractivity contribution in [1.29, 1.82) is 0 Å². The maximum absolute atomic E-state index is 11.2. The summed E-state index contributed by atoms with van der Waals surface area (Å²) in [6.07, 6.45) is -2.52. The standard InChI is InChI=1S/C7H10O5S/c1-2-13(11)6-5(9)4(8)3-12-7(6)10/h2,4-6,8-9H,1,3H2. The molecule has 13 heavy (non-hydrogen) atoms. The van der Waals surface area contributed by atoms with Crippen molar-refractivity contribution in [2.75, 3.05) is 6.61 Å². The predicted octanol–water partition coefficient (Wildman–Crippen LogP) is -1.47. The maximum atomic E-state index is 11.2. The van der Waals surface area contributed by atoms with Gasteiger partial charge in [-0.1, -0.05) is 6.58 Å². The van der Waals surface area contributed by atoms with Gasteiger partial charge in [0, 0.05) is 0 Å². The van der Waals surface area contributed by atoms with Crippen molar-refractivity contribution in [2.45, 2.75) is 17.5 Å². The van der Waals surface area contributed by atoms with Crippen LogP contribution in [-0.4, -0.2) is 44.5 Å². The van der Waals surface area contributed by atoms with Gasteiger partial charge in [0.25, 0.3) is 0 Å². The van der Waals surface area contributed by atoms with E-state index in [1.807, 2.05) is 0 Å². The lowest BCUT2D eigenvalue weighted by Crippen LogP contribution is -2.52. The fourth-order valence-corrected chi connectivity index (χ4v) is 1.95. The monoisotopic (exact) mass is 206 g/mol. The van der Waals surface area contributed by atoms with Crippen molar-refractivity contribution in [1.82, 2.24) is 0 Å². The summed E-state index contributed by atoms with van der Waals surface area (Å²) < 4.78 is 15.7. The van der Waals surface area contributed by atoms with Crippen LogP contribution in [0, 0.1) is 0 Å². The van der Waals surface area contributed by atoms with Gasteiger partial charge in [0.1, 0.15) is 18.8 Å². The first-order valence-electron chi connectivity index (χ1n) is 3.62. The minimum atomic E-state index is -1.71. The van der Waals surface area contributed by atoms with Gasteiger partial charge in [-0.15, -0.1) is 0 Å². The van der Waals surface area contributed by atoms with Gasteiger partial charge in [-0.25, -0.2) is 0 Å². The molecule has 6 heteroatoms.